The number of nitrogens with zero attached hydrogens (tertiary/aromatic N) is 5. The molecule has 44 heavy (non-hydrogen) atoms. The predicted molar refractivity (Wildman–Crippen MR) is 156 cm³/mol. The van der Waals surface area contributed by atoms with E-state index in [0.29, 0.717) is 75.4 Å². The number of hydrogen-bond donors (Lipinski definition) is 0. The number of ether oxygens (including phenoxy) is 4. The Morgan fingerprint density at radius 2 is 1.16 bits per heavy atom. The molecule has 0 spiro atoms. The van der Waals surface area contributed by atoms with Crippen LogP contribution in [0.3, 0.4) is 0 Å². The SMILES string of the molecule is CC(=O)N(C[C@@H]1CN(c2ccc(N3CCOCC3)c(F)c2)C(=O)O1)C[C@H]1CN(c2ccc(N3CCOCC3)c(F)c2)C(=O)O1. The van der Waals surface area contributed by atoms with E-state index in [2.05, 4.69) is 0 Å². The standard InChI is InChI=1S/C30H35F2N5O7/c1-20(38)35(16-23-18-36(29(39)43-23)21-2-4-27(25(31)14-21)33-6-10-41-11-7-33)17-24-19-37(30(40)44-24)22-3-5-28(26(32)15-22)34-8-12-42-13-9-34/h2-5,14-15,23-24H,6-13,16-19H2,1H3/t23-,24+. The third kappa shape index (κ3) is 6.36. The van der Waals surface area contributed by atoms with Crippen molar-refractivity contribution in [3.05, 3.63) is 48.0 Å². The Morgan fingerprint density at radius 1 is 0.750 bits per heavy atom. The molecule has 4 aliphatic heterocycles. The molecule has 6 rings (SSSR count). The third-order valence-electron chi connectivity index (χ3n) is 8.23. The minimum absolute atomic E-state index is 0.0584. The Balaban J connectivity index is 1.06. The molecule has 0 radical (unpaired) electrons. The molecule has 2 atom stereocenters. The van der Waals surface area contributed by atoms with Crippen LogP contribution in [-0.4, -0.2) is 114 Å². The first kappa shape index (κ1) is 29.9. The van der Waals surface area contributed by atoms with Gasteiger partial charge in [-0.05, 0) is 36.4 Å². The minimum Gasteiger partial charge on any atom is -0.442 e. The Bertz CT molecular complexity index is 1300. The van der Waals surface area contributed by atoms with E-state index < -0.39 is 36.0 Å². The average Bonchev–Trinajstić information content (AvgIpc) is 3.58. The first-order chi connectivity index (χ1) is 21.3. The van der Waals surface area contributed by atoms with Crippen LogP contribution >= 0.6 is 0 Å². The largest absolute Gasteiger partial charge is 0.442 e. The van der Waals surface area contributed by atoms with E-state index >= 15 is 0 Å². The first-order valence-electron chi connectivity index (χ1n) is 14.7. The molecular formula is C30H35F2N5O7. The monoisotopic (exact) mass is 615 g/mol. The lowest BCUT2D eigenvalue weighted by Crippen LogP contribution is -2.43. The highest BCUT2D eigenvalue weighted by Crippen LogP contribution is 2.30. The molecule has 0 aromatic heterocycles. The van der Waals surface area contributed by atoms with Crippen molar-refractivity contribution in [1.82, 2.24) is 4.90 Å². The van der Waals surface area contributed by atoms with Crippen LogP contribution in [0.15, 0.2) is 36.4 Å². The van der Waals surface area contributed by atoms with Crippen LogP contribution in [-0.2, 0) is 23.7 Å². The topological polar surface area (TPSA) is 104 Å². The summed E-state index contributed by atoms with van der Waals surface area (Å²) < 4.78 is 51.7. The zero-order valence-corrected chi connectivity index (χ0v) is 24.5. The van der Waals surface area contributed by atoms with Gasteiger partial charge in [0.2, 0.25) is 5.91 Å². The highest BCUT2D eigenvalue weighted by Gasteiger charge is 2.38. The van der Waals surface area contributed by atoms with Crippen LogP contribution in [0.2, 0.25) is 0 Å². The second-order valence-corrected chi connectivity index (χ2v) is 11.1. The van der Waals surface area contributed by atoms with Gasteiger partial charge in [0, 0.05) is 33.1 Å². The van der Waals surface area contributed by atoms with Gasteiger partial charge in [-0.2, -0.15) is 0 Å². The molecular weight excluding hydrogens is 580 g/mol. The summed E-state index contributed by atoms with van der Waals surface area (Å²) in [7, 11) is 0. The summed E-state index contributed by atoms with van der Waals surface area (Å²) in [6, 6.07) is 9.23. The van der Waals surface area contributed by atoms with Gasteiger partial charge in [-0.25, -0.2) is 18.4 Å². The van der Waals surface area contributed by atoms with Crippen LogP contribution in [0.5, 0.6) is 0 Å². The van der Waals surface area contributed by atoms with E-state index in [9.17, 15) is 23.2 Å². The third-order valence-corrected chi connectivity index (χ3v) is 8.23. The number of hydrogen-bond acceptors (Lipinski definition) is 9. The van der Waals surface area contributed by atoms with Gasteiger partial charge in [-0.3, -0.25) is 14.6 Å². The number of halogens is 2. The summed E-state index contributed by atoms with van der Waals surface area (Å²) >= 11 is 0. The maximum Gasteiger partial charge on any atom is 0.414 e. The Morgan fingerprint density at radius 3 is 1.52 bits per heavy atom. The van der Waals surface area contributed by atoms with Gasteiger partial charge >= 0.3 is 12.2 Å². The zero-order valence-electron chi connectivity index (χ0n) is 24.5. The van der Waals surface area contributed by atoms with E-state index in [1.165, 1.54) is 33.8 Å². The van der Waals surface area contributed by atoms with Crippen molar-refractivity contribution in [1.29, 1.82) is 0 Å². The molecule has 0 N–H and O–H groups in total. The molecule has 4 saturated heterocycles. The first-order valence-corrected chi connectivity index (χ1v) is 14.7. The highest BCUT2D eigenvalue weighted by molar-refractivity contribution is 5.91. The molecule has 2 aromatic rings. The van der Waals surface area contributed by atoms with E-state index in [0.717, 1.165) is 0 Å². The van der Waals surface area contributed by atoms with Crippen LogP contribution in [0.4, 0.5) is 41.1 Å². The van der Waals surface area contributed by atoms with Gasteiger partial charge in [0.1, 0.15) is 23.8 Å². The van der Waals surface area contributed by atoms with Crippen LogP contribution < -0.4 is 19.6 Å². The van der Waals surface area contributed by atoms with E-state index in [1.807, 2.05) is 9.80 Å². The van der Waals surface area contributed by atoms with Crippen LogP contribution in [0.25, 0.3) is 0 Å². The van der Waals surface area contributed by atoms with Crippen molar-refractivity contribution in [2.75, 3.05) is 98.4 Å². The summed E-state index contributed by atoms with van der Waals surface area (Å²) in [6.07, 6.45) is -2.64. The van der Waals surface area contributed by atoms with Crippen molar-refractivity contribution in [2.24, 2.45) is 0 Å². The van der Waals surface area contributed by atoms with Gasteiger partial charge in [-0.1, -0.05) is 0 Å². The number of amides is 3. The summed E-state index contributed by atoms with van der Waals surface area (Å²) in [6.45, 7) is 6.13. The van der Waals surface area contributed by atoms with Crippen molar-refractivity contribution >= 4 is 40.8 Å². The lowest BCUT2D eigenvalue weighted by Gasteiger charge is -2.29. The smallest absolute Gasteiger partial charge is 0.414 e. The van der Waals surface area contributed by atoms with Gasteiger partial charge in [0.15, 0.2) is 0 Å². The summed E-state index contributed by atoms with van der Waals surface area (Å²) in [5.41, 5.74) is 1.60. The molecule has 4 aliphatic rings. The minimum atomic E-state index is -0.677. The fourth-order valence-corrected chi connectivity index (χ4v) is 5.93. The number of carbonyl (C=O) groups excluding carboxylic acids is 3. The molecule has 4 fully saturated rings. The normalized spacial score (nSPS) is 22.3. The average molecular weight is 616 g/mol. The summed E-state index contributed by atoms with van der Waals surface area (Å²) in [5.74, 6) is -1.20. The molecule has 14 heteroatoms. The van der Waals surface area contributed by atoms with Crippen molar-refractivity contribution in [3.8, 4) is 0 Å². The second kappa shape index (κ2) is 12.8. The number of cyclic esters (lactones) is 2. The maximum atomic E-state index is 15.0. The number of benzene rings is 2. The predicted octanol–water partition coefficient (Wildman–Crippen LogP) is 2.84. The molecule has 0 aliphatic carbocycles. The van der Waals surface area contributed by atoms with Gasteiger partial charge in [-0.15, -0.1) is 0 Å². The van der Waals surface area contributed by atoms with E-state index in [1.54, 1.807) is 24.3 Å². The highest BCUT2D eigenvalue weighted by atomic mass is 19.1. The quantitative estimate of drug-likeness (QED) is 0.444. The Hall–Kier alpha value is -4.17. The molecule has 0 unspecified atom stereocenters. The molecule has 0 saturated carbocycles. The Kier molecular flexibility index (Phi) is 8.71. The van der Waals surface area contributed by atoms with Crippen molar-refractivity contribution < 1.29 is 42.1 Å². The molecule has 4 heterocycles. The fourth-order valence-electron chi connectivity index (χ4n) is 5.93. The van der Waals surface area contributed by atoms with Gasteiger partial charge in [0.25, 0.3) is 0 Å². The second-order valence-electron chi connectivity index (χ2n) is 11.1. The molecule has 2 aromatic carbocycles. The molecule has 3 amide bonds. The molecule has 12 nitrogen and oxygen atoms in total. The molecule has 0 bridgehead atoms. The fraction of sp³-hybridized carbons (Fsp3) is 0.500. The van der Waals surface area contributed by atoms with E-state index in [4.69, 9.17) is 18.9 Å². The van der Waals surface area contributed by atoms with Crippen molar-refractivity contribution in [3.63, 3.8) is 0 Å². The molecule has 236 valence electrons. The van der Waals surface area contributed by atoms with E-state index in [-0.39, 0.29) is 32.1 Å². The zero-order chi connectivity index (χ0) is 30.8. The Labute approximate surface area is 253 Å². The number of morpholine rings is 2. The van der Waals surface area contributed by atoms with Crippen LogP contribution in [0, 0.1) is 11.6 Å². The summed E-state index contributed by atoms with van der Waals surface area (Å²) in [4.78, 5) is 45.9. The van der Waals surface area contributed by atoms with Crippen molar-refractivity contribution in [2.45, 2.75) is 19.1 Å². The lowest BCUT2D eigenvalue weighted by atomic mass is 10.2. The maximum absolute atomic E-state index is 15.0. The summed E-state index contributed by atoms with van der Waals surface area (Å²) in [5, 5.41) is 0. The van der Waals surface area contributed by atoms with Gasteiger partial charge in [0.05, 0.1) is 75.4 Å². The number of anilines is 4. The van der Waals surface area contributed by atoms with Gasteiger partial charge < -0.3 is 33.6 Å². The number of rotatable bonds is 8. The van der Waals surface area contributed by atoms with Crippen LogP contribution in [0.1, 0.15) is 6.92 Å². The lowest BCUT2D eigenvalue weighted by molar-refractivity contribution is -0.131. The number of carbonyl (C=O) groups is 3.